The van der Waals surface area contributed by atoms with Crippen LogP contribution in [-0.4, -0.2) is 15.9 Å². The number of aromatic nitrogens is 2. The normalized spacial score (nSPS) is 10.2. The largest absolute Gasteiger partial charge is 0.495 e. The first-order chi connectivity index (χ1) is 7.70. The highest BCUT2D eigenvalue weighted by Gasteiger charge is 2.07. The van der Waals surface area contributed by atoms with Crippen molar-refractivity contribution in [1.29, 1.82) is 0 Å². The van der Waals surface area contributed by atoms with Crippen molar-refractivity contribution < 1.29 is 4.74 Å². The third-order valence-corrected chi connectivity index (χ3v) is 3.07. The standard InChI is InChI=1S/C9H7Cl2N3OS/c1-15-7-4-5(2-3-6(7)10)12-9-8(11)13-16-14-9/h2-4H,1H3,(H,12,14). The molecule has 4 nitrogen and oxygen atoms in total. The van der Waals surface area contributed by atoms with Crippen molar-refractivity contribution in [3.63, 3.8) is 0 Å². The summed E-state index contributed by atoms with van der Waals surface area (Å²) >= 11 is 12.8. The summed E-state index contributed by atoms with van der Waals surface area (Å²) in [6.45, 7) is 0. The average molecular weight is 276 g/mol. The summed E-state index contributed by atoms with van der Waals surface area (Å²) in [5, 5.41) is 3.92. The maximum Gasteiger partial charge on any atom is 0.187 e. The SMILES string of the molecule is COc1cc(Nc2nsnc2Cl)ccc1Cl. The Balaban J connectivity index is 2.25. The number of rotatable bonds is 3. The van der Waals surface area contributed by atoms with Gasteiger partial charge in [-0.15, -0.1) is 0 Å². The van der Waals surface area contributed by atoms with Crippen LogP contribution in [0.5, 0.6) is 5.75 Å². The van der Waals surface area contributed by atoms with E-state index in [1.165, 1.54) is 0 Å². The fourth-order valence-electron chi connectivity index (χ4n) is 1.13. The molecule has 0 spiro atoms. The van der Waals surface area contributed by atoms with Gasteiger partial charge < -0.3 is 10.1 Å². The average Bonchev–Trinajstić information content (AvgIpc) is 2.67. The molecule has 0 aliphatic carbocycles. The van der Waals surface area contributed by atoms with Gasteiger partial charge in [0.25, 0.3) is 0 Å². The molecule has 1 aromatic heterocycles. The molecule has 0 aliphatic rings. The lowest BCUT2D eigenvalue weighted by atomic mass is 10.3. The Bertz CT molecular complexity index is 503. The van der Waals surface area contributed by atoms with Gasteiger partial charge in [0.05, 0.1) is 23.9 Å². The van der Waals surface area contributed by atoms with Gasteiger partial charge in [-0.2, -0.15) is 8.75 Å². The minimum Gasteiger partial charge on any atom is -0.495 e. The molecular formula is C9H7Cl2N3OS. The van der Waals surface area contributed by atoms with E-state index in [0.717, 1.165) is 17.4 Å². The lowest BCUT2D eigenvalue weighted by Gasteiger charge is -2.07. The third kappa shape index (κ3) is 2.37. The minimum atomic E-state index is 0.346. The van der Waals surface area contributed by atoms with Crippen LogP contribution in [0.3, 0.4) is 0 Å². The van der Waals surface area contributed by atoms with E-state index in [2.05, 4.69) is 14.1 Å². The van der Waals surface area contributed by atoms with Crippen LogP contribution in [-0.2, 0) is 0 Å². The number of hydrogen-bond acceptors (Lipinski definition) is 5. The number of nitrogens with one attached hydrogen (secondary N) is 1. The van der Waals surface area contributed by atoms with E-state index in [1.54, 1.807) is 25.3 Å². The molecule has 0 aliphatic heterocycles. The van der Waals surface area contributed by atoms with Gasteiger partial charge in [0.15, 0.2) is 11.0 Å². The molecule has 7 heteroatoms. The second kappa shape index (κ2) is 4.86. The smallest absolute Gasteiger partial charge is 0.187 e. The maximum atomic E-state index is 5.90. The van der Waals surface area contributed by atoms with Crippen LogP contribution >= 0.6 is 34.9 Å². The first-order valence-electron chi connectivity index (χ1n) is 4.29. The molecule has 16 heavy (non-hydrogen) atoms. The quantitative estimate of drug-likeness (QED) is 0.930. The molecule has 0 saturated carbocycles. The van der Waals surface area contributed by atoms with Gasteiger partial charge in [0.2, 0.25) is 0 Å². The van der Waals surface area contributed by atoms with Crippen molar-refractivity contribution in [1.82, 2.24) is 8.75 Å². The van der Waals surface area contributed by atoms with Gasteiger partial charge in [-0.1, -0.05) is 23.2 Å². The van der Waals surface area contributed by atoms with Crippen molar-refractivity contribution >= 4 is 46.4 Å². The van der Waals surface area contributed by atoms with Crippen LogP contribution in [0.2, 0.25) is 10.2 Å². The summed E-state index contributed by atoms with van der Waals surface area (Å²) in [4.78, 5) is 0. The summed E-state index contributed by atoms with van der Waals surface area (Å²) in [6, 6.07) is 5.30. The number of hydrogen-bond donors (Lipinski definition) is 1. The van der Waals surface area contributed by atoms with E-state index in [0.29, 0.717) is 21.7 Å². The van der Waals surface area contributed by atoms with Crippen LogP contribution < -0.4 is 10.1 Å². The van der Waals surface area contributed by atoms with Crippen LogP contribution in [0.15, 0.2) is 18.2 Å². The van der Waals surface area contributed by atoms with Crippen molar-refractivity contribution in [3.05, 3.63) is 28.4 Å². The van der Waals surface area contributed by atoms with Crippen molar-refractivity contribution in [2.45, 2.75) is 0 Å². The van der Waals surface area contributed by atoms with Crippen molar-refractivity contribution in [3.8, 4) is 5.75 Å². The topological polar surface area (TPSA) is 47.0 Å². The second-order valence-corrected chi connectivity index (χ2v) is 4.17. The van der Waals surface area contributed by atoms with Gasteiger partial charge in [0.1, 0.15) is 5.75 Å². The van der Waals surface area contributed by atoms with E-state index >= 15 is 0 Å². The molecule has 0 amide bonds. The minimum absolute atomic E-state index is 0.346. The van der Waals surface area contributed by atoms with Gasteiger partial charge in [-0.3, -0.25) is 0 Å². The number of ether oxygens (including phenoxy) is 1. The molecule has 84 valence electrons. The number of nitrogens with zero attached hydrogens (tertiary/aromatic N) is 2. The Morgan fingerprint density at radius 3 is 2.75 bits per heavy atom. The van der Waals surface area contributed by atoms with E-state index in [4.69, 9.17) is 27.9 Å². The Morgan fingerprint density at radius 1 is 1.31 bits per heavy atom. The first kappa shape index (κ1) is 11.4. The molecule has 0 atom stereocenters. The van der Waals surface area contributed by atoms with E-state index in [-0.39, 0.29) is 0 Å². The van der Waals surface area contributed by atoms with Crippen LogP contribution in [0, 0.1) is 0 Å². The lowest BCUT2D eigenvalue weighted by molar-refractivity contribution is 0.415. The molecule has 2 aromatic rings. The molecule has 1 aromatic carbocycles. The molecule has 0 bridgehead atoms. The summed E-state index contributed by atoms with van der Waals surface area (Å²) in [6.07, 6.45) is 0. The number of benzene rings is 1. The van der Waals surface area contributed by atoms with Gasteiger partial charge in [-0.05, 0) is 12.1 Å². The van der Waals surface area contributed by atoms with Crippen molar-refractivity contribution in [2.24, 2.45) is 0 Å². The summed E-state index contributed by atoms with van der Waals surface area (Å²) in [7, 11) is 1.56. The highest BCUT2D eigenvalue weighted by atomic mass is 35.5. The summed E-state index contributed by atoms with van der Waals surface area (Å²) in [5.41, 5.74) is 0.788. The zero-order valence-electron chi connectivity index (χ0n) is 8.20. The van der Waals surface area contributed by atoms with E-state index in [9.17, 15) is 0 Å². The zero-order valence-corrected chi connectivity index (χ0v) is 10.5. The first-order valence-corrected chi connectivity index (χ1v) is 5.78. The molecule has 1 N–H and O–H groups in total. The van der Waals surface area contributed by atoms with Gasteiger partial charge >= 0.3 is 0 Å². The Kier molecular flexibility index (Phi) is 3.48. The second-order valence-electron chi connectivity index (χ2n) is 2.88. The predicted molar refractivity (Wildman–Crippen MR) is 66.2 cm³/mol. The van der Waals surface area contributed by atoms with Crippen molar-refractivity contribution in [2.75, 3.05) is 12.4 Å². The monoisotopic (exact) mass is 275 g/mol. The zero-order chi connectivity index (χ0) is 11.5. The molecular weight excluding hydrogens is 269 g/mol. The molecule has 0 fully saturated rings. The van der Waals surface area contributed by atoms with Crippen LogP contribution in [0.4, 0.5) is 11.5 Å². The number of anilines is 2. The van der Waals surface area contributed by atoms with Gasteiger partial charge in [0, 0.05) is 11.8 Å². The molecule has 0 unspecified atom stereocenters. The highest BCUT2D eigenvalue weighted by Crippen LogP contribution is 2.30. The number of halogens is 2. The van der Waals surface area contributed by atoms with Gasteiger partial charge in [-0.25, -0.2) is 0 Å². The fraction of sp³-hybridized carbons (Fsp3) is 0.111. The fourth-order valence-corrected chi connectivity index (χ4v) is 1.97. The molecule has 2 rings (SSSR count). The van der Waals surface area contributed by atoms with Crippen LogP contribution in [0.25, 0.3) is 0 Å². The van der Waals surface area contributed by atoms with E-state index < -0.39 is 0 Å². The predicted octanol–water partition coefficient (Wildman–Crippen LogP) is 3.60. The highest BCUT2D eigenvalue weighted by molar-refractivity contribution is 6.99. The molecule has 1 heterocycles. The third-order valence-electron chi connectivity index (χ3n) is 1.86. The molecule has 0 radical (unpaired) electrons. The van der Waals surface area contributed by atoms with E-state index in [1.807, 2.05) is 0 Å². The lowest BCUT2D eigenvalue weighted by Crippen LogP contribution is -1.92. The molecule has 0 saturated heterocycles. The summed E-state index contributed by atoms with van der Waals surface area (Å²) in [5.74, 6) is 1.11. The number of methoxy groups -OCH3 is 1. The Hall–Kier alpha value is -1.04. The Morgan fingerprint density at radius 2 is 2.12 bits per heavy atom. The maximum absolute atomic E-state index is 5.90. The Labute approximate surface area is 106 Å². The summed E-state index contributed by atoms with van der Waals surface area (Å²) < 4.78 is 12.9. The van der Waals surface area contributed by atoms with Crippen LogP contribution in [0.1, 0.15) is 0 Å².